The van der Waals surface area contributed by atoms with Gasteiger partial charge in [0.05, 0.1) is 10.6 Å². The Balaban J connectivity index is 2.42. The SMILES string of the molecule is Cc1ccc(N(CC(=O)NC(C)C)S(=O)(=O)c2ccccc2)cc1. The van der Waals surface area contributed by atoms with E-state index in [1.807, 2.05) is 32.9 Å². The first-order valence-electron chi connectivity index (χ1n) is 7.74. The van der Waals surface area contributed by atoms with E-state index in [1.165, 1.54) is 12.1 Å². The standard InChI is InChI=1S/C18H22N2O3S/c1-14(2)19-18(21)13-20(16-11-9-15(3)10-12-16)24(22,23)17-7-5-4-6-8-17/h4-12,14H,13H2,1-3H3,(H,19,21). The predicted octanol–water partition coefficient (Wildman–Crippen LogP) is 2.71. The van der Waals surface area contributed by atoms with Crippen molar-refractivity contribution in [2.75, 3.05) is 10.8 Å². The van der Waals surface area contributed by atoms with Gasteiger partial charge in [-0.2, -0.15) is 0 Å². The van der Waals surface area contributed by atoms with Crippen molar-refractivity contribution in [3.8, 4) is 0 Å². The normalized spacial score (nSPS) is 11.3. The van der Waals surface area contributed by atoms with Gasteiger partial charge in [-0.15, -0.1) is 0 Å². The van der Waals surface area contributed by atoms with Crippen molar-refractivity contribution in [2.45, 2.75) is 31.7 Å². The van der Waals surface area contributed by atoms with Crippen LogP contribution < -0.4 is 9.62 Å². The number of hydrogen-bond donors (Lipinski definition) is 1. The van der Waals surface area contributed by atoms with Gasteiger partial charge in [0.25, 0.3) is 10.0 Å². The van der Waals surface area contributed by atoms with Crippen LogP contribution in [0.3, 0.4) is 0 Å². The largest absolute Gasteiger partial charge is 0.352 e. The smallest absolute Gasteiger partial charge is 0.264 e. The zero-order valence-corrected chi connectivity index (χ0v) is 14.9. The van der Waals surface area contributed by atoms with Crippen molar-refractivity contribution in [3.63, 3.8) is 0 Å². The van der Waals surface area contributed by atoms with Crippen molar-refractivity contribution in [1.29, 1.82) is 0 Å². The van der Waals surface area contributed by atoms with Gasteiger partial charge in [-0.05, 0) is 45.0 Å². The van der Waals surface area contributed by atoms with Crippen molar-refractivity contribution in [3.05, 3.63) is 60.2 Å². The van der Waals surface area contributed by atoms with Crippen LogP contribution in [0.5, 0.6) is 0 Å². The van der Waals surface area contributed by atoms with E-state index in [4.69, 9.17) is 0 Å². The molecule has 0 fully saturated rings. The summed E-state index contributed by atoms with van der Waals surface area (Å²) in [6, 6.07) is 15.1. The number of rotatable bonds is 6. The summed E-state index contributed by atoms with van der Waals surface area (Å²) >= 11 is 0. The van der Waals surface area contributed by atoms with E-state index in [9.17, 15) is 13.2 Å². The second kappa shape index (κ2) is 7.49. The number of carbonyl (C=O) groups is 1. The lowest BCUT2D eigenvalue weighted by atomic mass is 10.2. The second-order valence-corrected chi connectivity index (χ2v) is 7.74. The van der Waals surface area contributed by atoms with Gasteiger partial charge in [0.1, 0.15) is 6.54 Å². The summed E-state index contributed by atoms with van der Waals surface area (Å²) in [7, 11) is -3.83. The maximum Gasteiger partial charge on any atom is 0.264 e. The van der Waals surface area contributed by atoms with Crippen molar-refractivity contribution in [1.82, 2.24) is 5.32 Å². The summed E-state index contributed by atoms with van der Waals surface area (Å²) in [6.07, 6.45) is 0. The number of carbonyl (C=O) groups excluding carboxylic acids is 1. The Bertz CT molecular complexity index is 785. The summed E-state index contributed by atoms with van der Waals surface area (Å²) in [4.78, 5) is 12.3. The molecular formula is C18H22N2O3S. The number of amides is 1. The van der Waals surface area contributed by atoms with Crippen LogP contribution in [0, 0.1) is 6.92 Å². The summed E-state index contributed by atoms with van der Waals surface area (Å²) in [5.74, 6) is -0.343. The van der Waals surface area contributed by atoms with Crippen molar-refractivity contribution < 1.29 is 13.2 Å². The summed E-state index contributed by atoms with van der Waals surface area (Å²) in [5.41, 5.74) is 1.48. The Morgan fingerprint density at radius 2 is 1.62 bits per heavy atom. The molecule has 2 rings (SSSR count). The first kappa shape index (κ1) is 18.0. The molecule has 24 heavy (non-hydrogen) atoms. The first-order valence-corrected chi connectivity index (χ1v) is 9.18. The number of nitrogens with zero attached hydrogens (tertiary/aromatic N) is 1. The quantitative estimate of drug-likeness (QED) is 0.874. The van der Waals surface area contributed by atoms with E-state index in [0.717, 1.165) is 9.87 Å². The molecule has 0 aliphatic rings. The van der Waals surface area contributed by atoms with Crippen LogP contribution in [0.2, 0.25) is 0 Å². The molecule has 0 spiro atoms. The van der Waals surface area contributed by atoms with E-state index in [2.05, 4.69) is 5.32 Å². The fourth-order valence-electron chi connectivity index (χ4n) is 2.24. The molecule has 128 valence electrons. The Morgan fingerprint density at radius 1 is 1.04 bits per heavy atom. The molecule has 1 amide bonds. The second-order valence-electron chi connectivity index (χ2n) is 5.88. The summed E-state index contributed by atoms with van der Waals surface area (Å²) in [6.45, 7) is 5.32. The highest BCUT2D eigenvalue weighted by Crippen LogP contribution is 2.23. The van der Waals surface area contributed by atoms with Crippen molar-refractivity contribution >= 4 is 21.6 Å². The maximum absolute atomic E-state index is 13.0. The van der Waals surface area contributed by atoms with E-state index in [1.54, 1.807) is 30.3 Å². The zero-order chi connectivity index (χ0) is 17.7. The summed E-state index contributed by atoms with van der Waals surface area (Å²) < 4.78 is 27.1. The number of hydrogen-bond acceptors (Lipinski definition) is 3. The Kier molecular flexibility index (Phi) is 5.62. The third-order valence-corrected chi connectivity index (χ3v) is 5.18. The molecule has 0 aromatic heterocycles. The van der Waals surface area contributed by atoms with E-state index >= 15 is 0 Å². The molecule has 0 aliphatic heterocycles. The lowest BCUT2D eigenvalue weighted by Crippen LogP contribution is -2.42. The molecular weight excluding hydrogens is 324 g/mol. The molecule has 0 saturated heterocycles. The molecule has 0 heterocycles. The van der Waals surface area contributed by atoms with Gasteiger partial charge in [-0.25, -0.2) is 8.42 Å². The van der Waals surface area contributed by atoms with E-state index < -0.39 is 10.0 Å². The van der Waals surface area contributed by atoms with Gasteiger partial charge in [0.2, 0.25) is 5.91 Å². The molecule has 0 atom stereocenters. The Hall–Kier alpha value is -2.34. The molecule has 5 nitrogen and oxygen atoms in total. The molecule has 0 radical (unpaired) electrons. The average Bonchev–Trinajstić information content (AvgIpc) is 2.54. The molecule has 1 N–H and O–H groups in total. The van der Waals surface area contributed by atoms with Gasteiger partial charge in [-0.3, -0.25) is 9.10 Å². The van der Waals surface area contributed by atoms with Crippen LogP contribution in [-0.2, 0) is 14.8 Å². The van der Waals surface area contributed by atoms with Crippen LogP contribution in [0.15, 0.2) is 59.5 Å². The van der Waals surface area contributed by atoms with Crippen LogP contribution in [0.25, 0.3) is 0 Å². The van der Waals surface area contributed by atoms with Gasteiger partial charge >= 0.3 is 0 Å². The molecule has 2 aromatic carbocycles. The van der Waals surface area contributed by atoms with Crippen LogP contribution in [-0.4, -0.2) is 26.9 Å². The minimum absolute atomic E-state index is 0.0585. The maximum atomic E-state index is 13.0. The molecule has 0 aliphatic carbocycles. The highest BCUT2D eigenvalue weighted by Gasteiger charge is 2.27. The lowest BCUT2D eigenvalue weighted by molar-refractivity contribution is -0.120. The van der Waals surface area contributed by atoms with Gasteiger partial charge in [0.15, 0.2) is 0 Å². The zero-order valence-electron chi connectivity index (χ0n) is 14.1. The molecule has 0 bridgehead atoms. The minimum atomic E-state index is -3.83. The Morgan fingerprint density at radius 3 is 2.17 bits per heavy atom. The van der Waals surface area contributed by atoms with Crippen LogP contribution in [0.1, 0.15) is 19.4 Å². The fourth-order valence-corrected chi connectivity index (χ4v) is 3.69. The highest BCUT2D eigenvalue weighted by atomic mass is 32.2. The van der Waals surface area contributed by atoms with Crippen LogP contribution in [0.4, 0.5) is 5.69 Å². The molecule has 2 aromatic rings. The minimum Gasteiger partial charge on any atom is -0.352 e. The van der Waals surface area contributed by atoms with Crippen molar-refractivity contribution in [2.24, 2.45) is 0 Å². The molecule has 0 unspecified atom stereocenters. The fraction of sp³-hybridized carbons (Fsp3) is 0.278. The topological polar surface area (TPSA) is 66.5 Å². The lowest BCUT2D eigenvalue weighted by Gasteiger charge is -2.24. The predicted molar refractivity (Wildman–Crippen MR) is 95.4 cm³/mol. The summed E-state index contributed by atoms with van der Waals surface area (Å²) in [5, 5.41) is 2.73. The van der Waals surface area contributed by atoms with Gasteiger partial charge in [-0.1, -0.05) is 35.9 Å². The number of benzene rings is 2. The van der Waals surface area contributed by atoms with Gasteiger partial charge in [0, 0.05) is 6.04 Å². The first-order chi connectivity index (χ1) is 11.3. The average molecular weight is 346 g/mol. The number of nitrogens with one attached hydrogen (secondary N) is 1. The number of sulfonamides is 1. The molecule has 6 heteroatoms. The highest BCUT2D eigenvalue weighted by molar-refractivity contribution is 7.92. The number of anilines is 1. The monoisotopic (exact) mass is 346 g/mol. The van der Waals surface area contributed by atoms with Gasteiger partial charge < -0.3 is 5.32 Å². The van der Waals surface area contributed by atoms with E-state index in [-0.39, 0.29) is 23.4 Å². The Labute approximate surface area is 143 Å². The third kappa shape index (κ3) is 4.35. The van der Waals surface area contributed by atoms with Crippen LogP contribution >= 0.6 is 0 Å². The number of aryl methyl sites for hydroxylation is 1. The molecule has 0 saturated carbocycles. The van der Waals surface area contributed by atoms with E-state index in [0.29, 0.717) is 5.69 Å². The third-order valence-electron chi connectivity index (χ3n) is 3.39.